The SMILES string of the molecule is CN1C=C(c2ccc(N(C)C)cc2)O/C1=C\C1C(=O)C(=CC2=[N+](C)c3ccccc3C2(C)C)C1=O. The Balaban J connectivity index is 1.35. The van der Waals surface area contributed by atoms with Gasteiger partial charge in [0.1, 0.15) is 13.0 Å². The molecule has 6 heteroatoms. The van der Waals surface area contributed by atoms with Gasteiger partial charge in [0.15, 0.2) is 28.9 Å². The molecule has 0 unspecified atom stereocenters. The van der Waals surface area contributed by atoms with Crippen molar-refractivity contribution >= 4 is 34.4 Å². The minimum Gasteiger partial charge on any atom is -0.439 e. The molecule has 0 amide bonds. The number of carbonyl (C=O) groups is 2. The average molecular weight is 469 g/mol. The highest BCUT2D eigenvalue weighted by Gasteiger charge is 2.48. The quantitative estimate of drug-likeness (QED) is 0.291. The highest BCUT2D eigenvalue weighted by Crippen LogP contribution is 2.40. The molecule has 0 saturated heterocycles. The van der Waals surface area contributed by atoms with E-state index in [-0.39, 0.29) is 22.6 Å². The zero-order chi connectivity index (χ0) is 25.1. The molecule has 0 bridgehead atoms. The smallest absolute Gasteiger partial charge is 0.209 e. The number of ketones is 2. The molecule has 0 atom stereocenters. The molecular weight excluding hydrogens is 438 g/mol. The van der Waals surface area contributed by atoms with Gasteiger partial charge < -0.3 is 14.5 Å². The Morgan fingerprint density at radius 2 is 1.69 bits per heavy atom. The molecule has 0 radical (unpaired) electrons. The van der Waals surface area contributed by atoms with Crippen LogP contribution in [0.3, 0.4) is 0 Å². The van der Waals surface area contributed by atoms with Gasteiger partial charge in [-0.15, -0.1) is 0 Å². The van der Waals surface area contributed by atoms with Crippen LogP contribution in [0.15, 0.2) is 78.3 Å². The number of Topliss-reactive ketones (excluding diaryl/α,β-unsaturated/α-hetero) is 2. The van der Waals surface area contributed by atoms with Gasteiger partial charge in [-0.2, -0.15) is 4.58 Å². The average Bonchev–Trinajstić information content (AvgIpc) is 3.30. The van der Waals surface area contributed by atoms with Gasteiger partial charge in [-0.05, 0) is 44.2 Å². The van der Waals surface area contributed by atoms with Crippen LogP contribution >= 0.6 is 0 Å². The first-order chi connectivity index (χ1) is 16.6. The molecular formula is C29H30N3O3+. The predicted molar refractivity (Wildman–Crippen MR) is 138 cm³/mol. The maximum atomic E-state index is 13.0. The molecule has 178 valence electrons. The zero-order valence-corrected chi connectivity index (χ0v) is 21.0. The van der Waals surface area contributed by atoms with Crippen LogP contribution in [0.25, 0.3) is 5.76 Å². The van der Waals surface area contributed by atoms with E-state index in [4.69, 9.17) is 4.74 Å². The third kappa shape index (κ3) is 3.60. The monoisotopic (exact) mass is 468 g/mol. The number of fused-ring (bicyclic) bond motifs is 1. The fraction of sp³-hybridized carbons (Fsp3) is 0.276. The maximum Gasteiger partial charge on any atom is 0.209 e. The fourth-order valence-electron chi connectivity index (χ4n) is 4.99. The minimum absolute atomic E-state index is 0.170. The first-order valence-corrected chi connectivity index (χ1v) is 11.7. The molecule has 2 aliphatic heterocycles. The second kappa shape index (κ2) is 8.08. The van der Waals surface area contributed by atoms with E-state index in [0.29, 0.717) is 11.6 Å². The molecule has 1 saturated carbocycles. The van der Waals surface area contributed by atoms with E-state index in [2.05, 4.69) is 30.6 Å². The van der Waals surface area contributed by atoms with E-state index < -0.39 is 5.92 Å². The Kier molecular flexibility index (Phi) is 5.28. The number of allylic oxidation sites excluding steroid dienone is 3. The van der Waals surface area contributed by atoms with E-state index in [0.717, 1.165) is 22.6 Å². The fourth-order valence-corrected chi connectivity index (χ4v) is 4.99. The number of para-hydroxylation sites is 1. The Bertz CT molecular complexity index is 1360. The molecule has 0 spiro atoms. The van der Waals surface area contributed by atoms with Gasteiger partial charge in [-0.3, -0.25) is 9.59 Å². The number of rotatable bonds is 4. The second-order valence-corrected chi connectivity index (χ2v) is 10.0. The summed E-state index contributed by atoms with van der Waals surface area (Å²) in [6.45, 7) is 4.24. The first kappa shape index (κ1) is 22.8. The molecule has 35 heavy (non-hydrogen) atoms. The summed E-state index contributed by atoms with van der Waals surface area (Å²) in [6.07, 6.45) is 5.27. The number of benzene rings is 2. The largest absolute Gasteiger partial charge is 0.439 e. The lowest BCUT2D eigenvalue weighted by atomic mass is 9.73. The lowest BCUT2D eigenvalue weighted by Crippen LogP contribution is -2.41. The molecule has 5 rings (SSSR count). The molecule has 1 aliphatic carbocycles. The van der Waals surface area contributed by atoms with Crippen LogP contribution in [-0.4, -0.2) is 54.9 Å². The number of anilines is 1. The summed E-state index contributed by atoms with van der Waals surface area (Å²) in [5.74, 6) is 0.00903. The molecule has 6 nitrogen and oxygen atoms in total. The normalized spacial score (nSPS) is 21.7. The van der Waals surface area contributed by atoms with Gasteiger partial charge in [0, 0.05) is 50.1 Å². The minimum atomic E-state index is -0.819. The summed E-state index contributed by atoms with van der Waals surface area (Å²) in [5.41, 5.74) is 5.21. The molecule has 1 fully saturated rings. The maximum absolute atomic E-state index is 13.0. The van der Waals surface area contributed by atoms with Crippen LogP contribution in [-0.2, 0) is 19.7 Å². The van der Waals surface area contributed by atoms with Crippen molar-refractivity contribution in [2.24, 2.45) is 5.92 Å². The van der Waals surface area contributed by atoms with Crippen LogP contribution in [0.5, 0.6) is 0 Å². The molecule has 2 aromatic rings. The van der Waals surface area contributed by atoms with E-state index in [1.807, 2.05) is 75.7 Å². The van der Waals surface area contributed by atoms with Gasteiger partial charge in [0.05, 0.1) is 17.2 Å². The van der Waals surface area contributed by atoms with Gasteiger partial charge in [-0.1, -0.05) is 18.2 Å². The molecule has 2 aromatic carbocycles. The Labute approximate surface area is 206 Å². The van der Waals surface area contributed by atoms with Crippen molar-refractivity contribution in [3.05, 3.63) is 89.5 Å². The van der Waals surface area contributed by atoms with Gasteiger partial charge in [0.25, 0.3) is 0 Å². The van der Waals surface area contributed by atoms with E-state index in [1.54, 1.807) is 17.1 Å². The van der Waals surface area contributed by atoms with E-state index in [9.17, 15) is 9.59 Å². The highest BCUT2D eigenvalue weighted by molar-refractivity contribution is 6.41. The van der Waals surface area contributed by atoms with Crippen molar-refractivity contribution in [2.75, 3.05) is 33.1 Å². The Morgan fingerprint density at radius 1 is 1.03 bits per heavy atom. The molecule has 2 heterocycles. The number of hydrogen-bond acceptors (Lipinski definition) is 5. The van der Waals surface area contributed by atoms with Crippen molar-refractivity contribution in [2.45, 2.75) is 19.3 Å². The Morgan fingerprint density at radius 3 is 2.31 bits per heavy atom. The third-order valence-electron chi connectivity index (χ3n) is 7.17. The number of ether oxygens (including phenoxy) is 1. The summed E-state index contributed by atoms with van der Waals surface area (Å²) in [6, 6.07) is 16.2. The summed E-state index contributed by atoms with van der Waals surface area (Å²) < 4.78 is 8.09. The lowest BCUT2D eigenvalue weighted by Gasteiger charge is -2.25. The van der Waals surface area contributed by atoms with Crippen LogP contribution in [0.2, 0.25) is 0 Å². The topological polar surface area (TPSA) is 52.9 Å². The van der Waals surface area contributed by atoms with Crippen LogP contribution in [0.1, 0.15) is 25.0 Å². The summed E-state index contributed by atoms with van der Waals surface area (Å²) in [7, 11) is 7.81. The van der Waals surface area contributed by atoms with Gasteiger partial charge in [-0.25, -0.2) is 0 Å². The molecule has 0 N–H and O–H groups in total. The highest BCUT2D eigenvalue weighted by atomic mass is 16.5. The van der Waals surface area contributed by atoms with Crippen molar-refractivity contribution < 1.29 is 18.9 Å². The van der Waals surface area contributed by atoms with Gasteiger partial charge in [0.2, 0.25) is 5.69 Å². The van der Waals surface area contributed by atoms with Crippen molar-refractivity contribution in [1.29, 1.82) is 0 Å². The van der Waals surface area contributed by atoms with E-state index >= 15 is 0 Å². The van der Waals surface area contributed by atoms with E-state index in [1.165, 1.54) is 5.56 Å². The third-order valence-corrected chi connectivity index (χ3v) is 7.17. The number of carbonyl (C=O) groups excluding carboxylic acids is 2. The van der Waals surface area contributed by atoms with Crippen LogP contribution < -0.4 is 4.90 Å². The number of hydrogen-bond donors (Lipinski definition) is 0. The summed E-state index contributed by atoms with van der Waals surface area (Å²) in [5, 5.41) is 0. The van der Waals surface area contributed by atoms with Gasteiger partial charge >= 0.3 is 0 Å². The van der Waals surface area contributed by atoms with Crippen LogP contribution in [0.4, 0.5) is 11.4 Å². The Hall–Kier alpha value is -3.93. The zero-order valence-electron chi connectivity index (χ0n) is 21.0. The number of nitrogens with zero attached hydrogens (tertiary/aromatic N) is 3. The van der Waals surface area contributed by atoms with Crippen molar-refractivity contribution in [3.63, 3.8) is 0 Å². The van der Waals surface area contributed by atoms with Crippen molar-refractivity contribution in [3.8, 4) is 0 Å². The molecule has 3 aliphatic rings. The lowest BCUT2D eigenvalue weighted by molar-refractivity contribution is -0.401. The predicted octanol–water partition coefficient (Wildman–Crippen LogP) is 4.26. The van der Waals surface area contributed by atoms with Crippen LogP contribution in [0, 0.1) is 5.92 Å². The summed E-state index contributed by atoms with van der Waals surface area (Å²) in [4.78, 5) is 29.9. The van der Waals surface area contributed by atoms with Crippen molar-refractivity contribution in [1.82, 2.24) is 4.90 Å². The second-order valence-electron chi connectivity index (χ2n) is 10.0. The summed E-state index contributed by atoms with van der Waals surface area (Å²) >= 11 is 0. The molecule has 0 aromatic heterocycles. The standard InChI is InChI=1S/C29H30N3O3/c1-29(2)22-9-7-8-10-23(22)32(6)25(29)15-20-27(33)21(28(20)34)16-26-31(5)17-24(35-26)18-11-13-19(14-12-18)30(3)4/h7-17,21H,1-6H3/q+1/b20-15?,26-16-. The first-order valence-electron chi connectivity index (χ1n) is 11.7.